The molecule has 3 atom stereocenters. The number of nitrogens with one attached hydrogen (secondary N) is 1. The van der Waals surface area contributed by atoms with E-state index >= 15 is 0 Å². The van der Waals surface area contributed by atoms with Crippen molar-refractivity contribution in [2.75, 3.05) is 20.0 Å². The summed E-state index contributed by atoms with van der Waals surface area (Å²) < 4.78 is 5.32. The molecule has 0 aromatic carbocycles. The minimum absolute atomic E-state index is 0.618. The third kappa shape index (κ3) is 3.11. The van der Waals surface area contributed by atoms with E-state index in [4.69, 9.17) is 4.74 Å². The number of hydrogen-bond acceptors (Lipinski definition) is 3. The molecule has 0 heterocycles. The van der Waals surface area contributed by atoms with E-state index in [0.717, 1.165) is 23.8 Å². The molecule has 0 spiro atoms. The Morgan fingerprint density at radius 3 is 2.73 bits per heavy atom. The van der Waals surface area contributed by atoms with Crippen molar-refractivity contribution in [3.05, 3.63) is 0 Å². The van der Waals surface area contributed by atoms with Gasteiger partial charge in [-0.2, -0.15) is 11.8 Å². The van der Waals surface area contributed by atoms with Crippen molar-refractivity contribution in [3.8, 4) is 0 Å². The Kier molecular flexibility index (Phi) is 4.35. The van der Waals surface area contributed by atoms with E-state index < -0.39 is 0 Å². The van der Waals surface area contributed by atoms with Gasteiger partial charge in [-0.3, -0.25) is 0 Å². The van der Waals surface area contributed by atoms with E-state index in [-0.39, 0.29) is 0 Å². The van der Waals surface area contributed by atoms with Crippen LogP contribution in [0.3, 0.4) is 0 Å². The first-order chi connectivity index (χ1) is 7.35. The lowest BCUT2D eigenvalue weighted by molar-refractivity contribution is 0.152. The van der Waals surface area contributed by atoms with E-state index in [1.165, 1.54) is 32.1 Å². The standard InChI is InChI=1S/C12H23NOS/c1-14-8-11(9-6-7-9)13-10-4-3-5-12(10)15-2/h9-13H,3-8H2,1-2H3. The van der Waals surface area contributed by atoms with Gasteiger partial charge >= 0.3 is 0 Å². The summed E-state index contributed by atoms with van der Waals surface area (Å²) in [6.07, 6.45) is 9.19. The Balaban J connectivity index is 1.81. The van der Waals surface area contributed by atoms with E-state index in [2.05, 4.69) is 11.6 Å². The summed E-state index contributed by atoms with van der Waals surface area (Å²) >= 11 is 2.03. The van der Waals surface area contributed by atoms with Crippen molar-refractivity contribution in [1.82, 2.24) is 5.32 Å². The molecule has 0 bridgehead atoms. The molecular formula is C12H23NOS. The molecule has 0 amide bonds. The lowest BCUT2D eigenvalue weighted by Gasteiger charge is -2.26. The van der Waals surface area contributed by atoms with Crippen LogP contribution in [0, 0.1) is 5.92 Å². The summed E-state index contributed by atoms with van der Waals surface area (Å²) in [5.74, 6) is 0.896. The molecule has 15 heavy (non-hydrogen) atoms. The van der Waals surface area contributed by atoms with Crippen molar-refractivity contribution in [3.63, 3.8) is 0 Å². The van der Waals surface area contributed by atoms with Gasteiger partial charge in [-0.25, -0.2) is 0 Å². The van der Waals surface area contributed by atoms with Crippen LogP contribution < -0.4 is 5.32 Å². The van der Waals surface area contributed by atoms with Gasteiger partial charge in [0.1, 0.15) is 0 Å². The fourth-order valence-corrected chi connectivity index (χ4v) is 3.62. The van der Waals surface area contributed by atoms with Gasteiger partial charge in [0.05, 0.1) is 6.61 Å². The van der Waals surface area contributed by atoms with Crippen molar-refractivity contribution < 1.29 is 4.74 Å². The first kappa shape index (κ1) is 11.7. The predicted molar refractivity (Wildman–Crippen MR) is 66.5 cm³/mol. The zero-order valence-corrected chi connectivity index (χ0v) is 10.7. The second kappa shape index (κ2) is 5.55. The molecule has 2 aliphatic carbocycles. The maximum Gasteiger partial charge on any atom is 0.0618 e. The average molecular weight is 229 g/mol. The molecule has 88 valence electrons. The number of hydrogen-bond donors (Lipinski definition) is 1. The summed E-state index contributed by atoms with van der Waals surface area (Å²) in [6, 6.07) is 1.36. The van der Waals surface area contributed by atoms with Gasteiger partial charge in [-0.1, -0.05) is 6.42 Å². The van der Waals surface area contributed by atoms with Crippen molar-refractivity contribution in [2.45, 2.75) is 49.4 Å². The van der Waals surface area contributed by atoms with Gasteiger partial charge in [0, 0.05) is 24.4 Å². The van der Waals surface area contributed by atoms with Crippen LogP contribution in [0.15, 0.2) is 0 Å². The van der Waals surface area contributed by atoms with Gasteiger partial charge in [0.2, 0.25) is 0 Å². The SMILES string of the molecule is COCC(NC1CCCC1SC)C1CC1. The summed E-state index contributed by atoms with van der Waals surface area (Å²) in [6.45, 7) is 0.891. The number of methoxy groups -OCH3 is 1. The maximum atomic E-state index is 5.32. The fourth-order valence-electron chi connectivity index (χ4n) is 2.67. The van der Waals surface area contributed by atoms with Crippen molar-refractivity contribution >= 4 is 11.8 Å². The molecule has 0 aromatic heterocycles. The average Bonchev–Trinajstić information content (AvgIpc) is 2.99. The van der Waals surface area contributed by atoms with Gasteiger partial charge in [0.15, 0.2) is 0 Å². The van der Waals surface area contributed by atoms with Crippen LogP contribution in [0.25, 0.3) is 0 Å². The van der Waals surface area contributed by atoms with E-state index in [1.54, 1.807) is 0 Å². The first-order valence-electron chi connectivity index (χ1n) is 6.13. The second-order valence-electron chi connectivity index (χ2n) is 4.88. The van der Waals surface area contributed by atoms with Gasteiger partial charge < -0.3 is 10.1 Å². The smallest absolute Gasteiger partial charge is 0.0618 e. The normalized spacial score (nSPS) is 33.2. The van der Waals surface area contributed by atoms with Crippen LogP contribution in [0.1, 0.15) is 32.1 Å². The third-order valence-electron chi connectivity index (χ3n) is 3.72. The second-order valence-corrected chi connectivity index (χ2v) is 5.95. The van der Waals surface area contributed by atoms with E-state index in [9.17, 15) is 0 Å². The Labute approximate surface area is 97.5 Å². The molecule has 3 unspecified atom stereocenters. The largest absolute Gasteiger partial charge is 0.383 e. The van der Waals surface area contributed by atoms with Crippen LogP contribution >= 0.6 is 11.8 Å². The zero-order chi connectivity index (χ0) is 10.7. The van der Waals surface area contributed by atoms with E-state index in [0.29, 0.717) is 6.04 Å². The molecule has 0 aromatic rings. The number of ether oxygens (including phenoxy) is 1. The predicted octanol–water partition coefficient (Wildman–Crippen LogP) is 2.29. The molecule has 2 fully saturated rings. The molecule has 3 heteroatoms. The summed E-state index contributed by atoms with van der Waals surface area (Å²) in [4.78, 5) is 0. The number of rotatable bonds is 6. The molecule has 2 nitrogen and oxygen atoms in total. The van der Waals surface area contributed by atoms with Gasteiger partial charge in [-0.05, 0) is 37.9 Å². The highest BCUT2D eigenvalue weighted by atomic mass is 32.2. The molecular weight excluding hydrogens is 206 g/mol. The summed E-state index contributed by atoms with van der Waals surface area (Å²) in [5, 5.41) is 4.67. The Morgan fingerprint density at radius 1 is 1.33 bits per heavy atom. The molecule has 0 aliphatic heterocycles. The molecule has 2 aliphatic rings. The highest BCUT2D eigenvalue weighted by Gasteiger charge is 2.35. The third-order valence-corrected chi connectivity index (χ3v) is 4.89. The minimum Gasteiger partial charge on any atom is -0.383 e. The lowest BCUT2D eigenvalue weighted by Crippen LogP contribution is -2.45. The topological polar surface area (TPSA) is 21.3 Å². The Morgan fingerprint density at radius 2 is 2.13 bits per heavy atom. The quantitative estimate of drug-likeness (QED) is 0.755. The van der Waals surface area contributed by atoms with Gasteiger partial charge in [-0.15, -0.1) is 0 Å². The first-order valence-corrected chi connectivity index (χ1v) is 7.41. The van der Waals surface area contributed by atoms with E-state index in [1.807, 2.05) is 18.9 Å². The van der Waals surface area contributed by atoms with Crippen molar-refractivity contribution in [1.29, 1.82) is 0 Å². The molecule has 0 radical (unpaired) electrons. The monoisotopic (exact) mass is 229 g/mol. The molecule has 0 saturated heterocycles. The zero-order valence-electron chi connectivity index (χ0n) is 9.87. The van der Waals surface area contributed by atoms with Crippen LogP contribution in [-0.2, 0) is 4.74 Å². The highest BCUT2D eigenvalue weighted by Crippen LogP contribution is 2.35. The Hall–Kier alpha value is 0.270. The highest BCUT2D eigenvalue weighted by molar-refractivity contribution is 7.99. The molecule has 2 rings (SSSR count). The maximum absolute atomic E-state index is 5.32. The fraction of sp³-hybridized carbons (Fsp3) is 1.00. The van der Waals surface area contributed by atoms with Gasteiger partial charge in [0.25, 0.3) is 0 Å². The van der Waals surface area contributed by atoms with Crippen LogP contribution in [0.5, 0.6) is 0 Å². The van der Waals surface area contributed by atoms with Crippen LogP contribution in [0.4, 0.5) is 0 Å². The van der Waals surface area contributed by atoms with Crippen LogP contribution in [0.2, 0.25) is 0 Å². The number of thioether (sulfide) groups is 1. The van der Waals surface area contributed by atoms with Crippen LogP contribution in [-0.4, -0.2) is 37.3 Å². The van der Waals surface area contributed by atoms with Crippen molar-refractivity contribution in [2.24, 2.45) is 5.92 Å². The minimum atomic E-state index is 0.618. The molecule has 2 saturated carbocycles. The lowest BCUT2D eigenvalue weighted by atomic mass is 10.1. The Bertz CT molecular complexity index is 196. The summed E-state index contributed by atoms with van der Waals surface area (Å²) in [5.41, 5.74) is 0. The molecule has 1 N–H and O–H groups in total. The summed E-state index contributed by atoms with van der Waals surface area (Å²) in [7, 11) is 1.82.